The molecule has 17 heterocycles. The molecule has 31 heteroatoms. The molecule has 592 valence electrons. The lowest BCUT2D eigenvalue weighted by molar-refractivity contribution is -0.00876. The molecule has 4 N–H and O–H groups in total. The van der Waals surface area contributed by atoms with Gasteiger partial charge in [-0.25, -0.2) is 52.4 Å². The summed E-state index contributed by atoms with van der Waals surface area (Å²) >= 11 is 3.12. The summed E-state index contributed by atoms with van der Waals surface area (Å²) in [5.41, 5.74) is 6.76. The Kier molecular flexibility index (Phi) is 23.9. The zero-order valence-electron chi connectivity index (χ0n) is 65.2. The van der Waals surface area contributed by atoms with Crippen LogP contribution >= 0.6 is 23.5 Å². The fourth-order valence-corrected chi connectivity index (χ4v) is 18.1. The van der Waals surface area contributed by atoms with Crippen molar-refractivity contribution >= 4 is 67.3 Å². The van der Waals surface area contributed by atoms with Gasteiger partial charge in [0.25, 0.3) is 0 Å². The average molecular weight is 1600 g/mol. The number of ether oxygens (including phenoxy) is 4. The van der Waals surface area contributed by atoms with Gasteiger partial charge in [-0.1, -0.05) is 12.1 Å². The standard InChI is InChI=1S/C29H31N7O2S.C28H30N6O3S.C27H29N7O3S/c1-29(2,37)18-39-24-9-25(28-21(10-30)13-33-36(28)17-24)20-5-6-26(31-12-20)34-15-22-8-23(16-34)35(22)14-19-4-7-27(38-3)32-11-19;1-28(2,35)18-38-23-12-24(27-20(13-29)15-32-34(27)17-23)19-4-6-25(30-14-19)33-10-8-21(9-11-33)37-22-5-7-26(36-3)31-16-22;1-27(2,35)18-38(29,36)22-13-23(26-20(14-28)16-32-34(26)17-22)19-6-7-24(31-15-19)33-11-8-21(9-12-33)37-25-5-3-4-10-30-25/h4-7,9,11-13,17,22-23,37H,8,14-16,18H2,1-3H3;4-7,12,14-17,21,35H,8-11,18H2,1-3H3;3-7,10,13,15-17,21,29,35H,8-9,11-12,18H2,1-2H3. The van der Waals surface area contributed by atoms with Gasteiger partial charge in [-0.05, 0) is 120 Å². The van der Waals surface area contributed by atoms with Crippen LogP contribution in [0.4, 0.5) is 17.5 Å². The van der Waals surface area contributed by atoms with Gasteiger partial charge in [0.15, 0.2) is 0 Å². The molecule has 5 fully saturated rings. The lowest BCUT2D eigenvalue weighted by Crippen LogP contribution is -2.68. The maximum Gasteiger partial charge on any atom is 0.213 e. The maximum absolute atomic E-state index is 13.3. The Balaban J connectivity index is 0.000000142. The third kappa shape index (κ3) is 19.3. The van der Waals surface area contributed by atoms with E-state index in [9.17, 15) is 35.3 Å². The predicted molar refractivity (Wildman–Crippen MR) is 441 cm³/mol. The van der Waals surface area contributed by atoms with Crippen LogP contribution in [-0.4, -0.2) is 195 Å². The van der Waals surface area contributed by atoms with Gasteiger partial charge in [-0.2, -0.15) is 31.1 Å². The van der Waals surface area contributed by atoms with E-state index in [1.54, 1.807) is 118 Å². The molecule has 115 heavy (non-hydrogen) atoms. The molecule has 28 nitrogen and oxygen atoms in total. The topological polar surface area (TPSA) is 352 Å². The van der Waals surface area contributed by atoms with Crippen LogP contribution in [0.25, 0.3) is 49.9 Å². The van der Waals surface area contributed by atoms with Crippen LogP contribution < -0.4 is 33.6 Å². The van der Waals surface area contributed by atoms with Crippen molar-refractivity contribution in [3.8, 4) is 75.0 Å². The van der Waals surface area contributed by atoms with Crippen molar-refractivity contribution in [2.45, 2.75) is 136 Å². The highest BCUT2D eigenvalue weighted by atomic mass is 32.2. The molecular weight excluding hydrogens is 1510 g/mol. The number of nitrogens with zero attached hydrogens (tertiary/aromatic N) is 19. The van der Waals surface area contributed by atoms with Gasteiger partial charge < -0.3 is 49.0 Å². The van der Waals surface area contributed by atoms with Crippen LogP contribution in [0.3, 0.4) is 0 Å². The van der Waals surface area contributed by atoms with Crippen LogP contribution in [-0.2, 0) is 16.3 Å². The van der Waals surface area contributed by atoms with E-state index >= 15 is 0 Å². The molecule has 5 aliphatic rings. The summed E-state index contributed by atoms with van der Waals surface area (Å²) in [7, 11) is -0.101. The van der Waals surface area contributed by atoms with E-state index in [0.717, 1.165) is 138 Å². The zero-order valence-corrected chi connectivity index (χ0v) is 67.6. The van der Waals surface area contributed by atoms with Crippen LogP contribution in [0.1, 0.15) is 95.9 Å². The summed E-state index contributed by atoms with van der Waals surface area (Å²) in [6.45, 7) is 16.3. The van der Waals surface area contributed by atoms with Crippen molar-refractivity contribution in [3.63, 3.8) is 0 Å². The molecule has 5 saturated heterocycles. The SMILES string of the molecule is CC(C)(O)CS(=N)(=O)c1cc(-c2ccc(N3CCC(Oc4ccccn4)CC3)nc2)c2c(C#N)cnn2c1.COc1ccc(CN2C3CC2CN(c2ccc(-c4cc(SCC(C)(C)O)cn5ncc(C#N)c45)cn2)C3)cn1.COc1ccc(OC2CCN(c3ccc(-c4cc(SCC(C)(C)O)cn5ncc(C#N)c45)cn3)CC2)cn1. The van der Waals surface area contributed by atoms with E-state index in [-0.39, 0.29) is 22.9 Å². The molecule has 0 aromatic carbocycles. The summed E-state index contributed by atoms with van der Waals surface area (Å²) in [5, 5.41) is 72.6. The van der Waals surface area contributed by atoms with E-state index in [4.69, 9.17) is 33.7 Å². The van der Waals surface area contributed by atoms with Crippen LogP contribution in [0.5, 0.6) is 23.4 Å². The Morgan fingerprint density at radius 2 is 0.974 bits per heavy atom. The number of nitrogens with one attached hydrogen (secondary N) is 1. The molecule has 2 bridgehead atoms. The van der Waals surface area contributed by atoms with Crippen molar-refractivity contribution in [3.05, 3.63) is 194 Å². The molecular formula is C84H90N20O8S3. The molecule has 17 rings (SSSR count). The van der Waals surface area contributed by atoms with Gasteiger partial charge in [0, 0.05) is 206 Å². The minimum absolute atomic E-state index is 0.103. The fraction of sp³-hybridized carbons (Fsp3) is 0.357. The number of rotatable bonds is 23. The Morgan fingerprint density at radius 1 is 0.513 bits per heavy atom. The van der Waals surface area contributed by atoms with Crippen LogP contribution in [0.2, 0.25) is 0 Å². The number of piperidine rings is 3. The Hall–Kier alpha value is -11.5. The highest BCUT2D eigenvalue weighted by Crippen LogP contribution is 2.40. The van der Waals surface area contributed by atoms with Gasteiger partial charge in [-0.15, -0.1) is 23.5 Å². The van der Waals surface area contributed by atoms with Crippen LogP contribution in [0.15, 0.2) is 186 Å². The Labute approximate surface area is 676 Å². The maximum atomic E-state index is 13.3. The lowest BCUT2D eigenvalue weighted by atomic mass is 9.87. The van der Waals surface area contributed by atoms with Crippen molar-refractivity contribution < 1.29 is 38.5 Å². The van der Waals surface area contributed by atoms with Crippen molar-refractivity contribution in [2.24, 2.45) is 0 Å². The number of aromatic nitrogens is 12. The molecule has 0 aliphatic carbocycles. The second-order valence-corrected chi connectivity index (χ2v) is 35.1. The van der Waals surface area contributed by atoms with Crippen molar-refractivity contribution in [2.75, 3.05) is 85.4 Å². The lowest BCUT2D eigenvalue weighted by Gasteiger charge is -2.56. The van der Waals surface area contributed by atoms with Gasteiger partial charge in [0.05, 0.1) is 109 Å². The van der Waals surface area contributed by atoms with Crippen molar-refractivity contribution in [1.82, 2.24) is 63.6 Å². The summed E-state index contributed by atoms with van der Waals surface area (Å²) in [4.78, 5) is 38.7. The van der Waals surface area contributed by atoms with Crippen LogP contribution in [0, 0.1) is 38.8 Å². The summed E-state index contributed by atoms with van der Waals surface area (Å²) in [5.74, 6) is 6.16. The number of piperazine rings is 1. The summed E-state index contributed by atoms with van der Waals surface area (Å²) in [6.07, 6.45) is 25.6. The van der Waals surface area contributed by atoms with Gasteiger partial charge in [0.2, 0.25) is 17.6 Å². The van der Waals surface area contributed by atoms with E-state index in [1.165, 1.54) is 42.7 Å². The quantitative estimate of drug-likeness (QED) is 0.0432. The summed E-state index contributed by atoms with van der Waals surface area (Å²) in [6, 6.07) is 38.8. The smallest absolute Gasteiger partial charge is 0.213 e. The molecule has 0 radical (unpaired) electrons. The highest BCUT2D eigenvalue weighted by Gasteiger charge is 2.45. The summed E-state index contributed by atoms with van der Waals surface area (Å²) < 4.78 is 49.1. The number of methoxy groups -OCH3 is 2. The second kappa shape index (κ2) is 34.3. The number of fused-ring (bicyclic) bond motifs is 5. The first-order chi connectivity index (χ1) is 55.3. The van der Waals surface area contributed by atoms with Gasteiger partial charge in [0.1, 0.15) is 53.6 Å². The normalized spacial score (nSPS) is 16.6. The predicted octanol–water partition coefficient (Wildman–Crippen LogP) is 12.5. The minimum Gasteiger partial charge on any atom is -0.489 e. The minimum atomic E-state index is -3.33. The fourth-order valence-electron chi connectivity index (χ4n) is 14.5. The Bertz CT molecular complexity index is 5630. The van der Waals surface area contributed by atoms with E-state index in [1.807, 2.05) is 91.6 Å². The first-order valence-corrected chi connectivity index (χ1v) is 41.5. The van der Waals surface area contributed by atoms with Gasteiger partial charge in [-0.3, -0.25) is 4.90 Å². The molecule has 5 aliphatic heterocycles. The average Bonchev–Trinajstić information content (AvgIpc) is 1.45. The van der Waals surface area contributed by atoms with E-state index in [2.05, 4.69) is 97.3 Å². The first kappa shape index (κ1) is 80.1. The number of pyridine rings is 9. The van der Waals surface area contributed by atoms with Crippen molar-refractivity contribution in [1.29, 1.82) is 20.6 Å². The number of thioether (sulfide) groups is 2. The zero-order chi connectivity index (χ0) is 80.8. The number of hydrogen-bond donors (Lipinski definition) is 4. The molecule has 0 spiro atoms. The second-order valence-electron chi connectivity index (χ2n) is 30.8. The molecule has 12 aromatic rings. The highest BCUT2D eigenvalue weighted by molar-refractivity contribution is 7.99. The largest absolute Gasteiger partial charge is 0.489 e. The molecule has 3 unspecified atom stereocenters. The number of anilines is 3. The molecule has 0 saturated carbocycles. The monoisotopic (exact) mass is 1600 g/mol. The molecule has 3 atom stereocenters. The van der Waals surface area contributed by atoms with E-state index in [0.29, 0.717) is 74.6 Å². The van der Waals surface area contributed by atoms with E-state index < -0.39 is 26.5 Å². The molecule has 12 aromatic heterocycles. The Morgan fingerprint density at radius 3 is 1.38 bits per heavy atom. The van der Waals surface area contributed by atoms with Gasteiger partial charge >= 0.3 is 0 Å². The third-order valence-electron chi connectivity index (χ3n) is 20.1. The molecule has 0 amide bonds. The number of nitriles is 3. The number of aliphatic hydroxyl groups is 3. The third-order valence-corrected chi connectivity index (χ3v) is 25.1. The first-order valence-electron chi connectivity index (χ1n) is 37.8. The number of hydrogen-bond acceptors (Lipinski definition) is 27.